The van der Waals surface area contributed by atoms with Crippen molar-refractivity contribution in [2.24, 2.45) is 5.84 Å². The number of hydrazine groups is 1. The fourth-order valence-electron chi connectivity index (χ4n) is 2.40. The van der Waals surface area contributed by atoms with Gasteiger partial charge in [0.1, 0.15) is 5.15 Å². The number of hydrogen-bond acceptors (Lipinski definition) is 4. The molecular weight excluding hydrogens is 250 g/mol. The van der Waals surface area contributed by atoms with Gasteiger partial charge in [0.2, 0.25) is 0 Å². The summed E-state index contributed by atoms with van der Waals surface area (Å²) in [5.41, 5.74) is 3.93. The van der Waals surface area contributed by atoms with Gasteiger partial charge in [-0.25, -0.2) is 4.98 Å². The van der Waals surface area contributed by atoms with Gasteiger partial charge in [0.15, 0.2) is 0 Å². The summed E-state index contributed by atoms with van der Waals surface area (Å²) in [5.74, 6) is 5.60. The summed E-state index contributed by atoms with van der Waals surface area (Å²) in [5, 5.41) is 0.506. The molecule has 100 valence electrons. The lowest BCUT2D eigenvalue weighted by atomic mass is 10.0. The lowest BCUT2D eigenvalue weighted by Crippen LogP contribution is -2.28. The van der Waals surface area contributed by atoms with Crippen molar-refractivity contribution in [1.82, 2.24) is 10.4 Å². The van der Waals surface area contributed by atoms with E-state index in [0.29, 0.717) is 11.3 Å². The number of pyridine rings is 1. The molecule has 2 rings (SSSR count). The quantitative estimate of drug-likeness (QED) is 0.473. The van der Waals surface area contributed by atoms with Gasteiger partial charge in [-0.05, 0) is 49.8 Å². The van der Waals surface area contributed by atoms with E-state index in [-0.39, 0.29) is 6.04 Å². The maximum atomic E-state index is 5.88. The van der Waals surface area contributed by atoms with Gasteiger partial charge in [0.05, 0.1) is 6.10 Å². The van der Waals surface area contributed by atoms with Crippen molar-refractivity contribution in [3.05, 3.63) is 29.0 Å². The molecule has 2 heterocycles. The third-order valence-electron chi connectivity index (χ3n) is 3.40. The van der Waals surface area contributed by atoms with Crippen LogP contribution < -0.4 is 11.3 Å². The summed E-state index contributed by atoms with van der Waals surface area (Å²) in [4.78, 5) is 3.98. The van der Waals surface area contributed by atoms with Crippen LogP contribution >= 0.6 is 11.6 Å². The first-order chi connectivity index (χ1) is 8.79. The number of aromatic nitrogens is 1. The van der Waals surface area contributed by atoms with Crippen molar-refractivity contribution in [2.45, 2.75) is 44.2 Å². The van der Waals surface area contributed by atoms with Crippen molar-refractivity contribution < 1.29 is 4.74 Å². The van der Waals surface area contributed by atoms with Crippen LogP contribution in [0.2, 0.25) is 5.15 Å². The summed E-state index contributed by atoms with van der Waals surface area (Å²) < 4.78 is 5.61. The molecule has 0 radical (unpaired) electrons. The minimum atomic E-state index is 0.131. The van der Waals surface area contributed by atoms with Gasteiger partial charge in [0, 0.05) is 18.8 Å². The number of rotatable bonds is 6. The second kappa shape index (κ2) is 7.04. The molecule has 0 saturated carbocycles. The molecule has 3 N–H and O–H groups in total. The van der Waals surface area contributed by atoms with Crippen LogP contribution in [0.5, 0.6) is 0 Å². The Morgan fingerprint density at radius 1 is 1.61 bits per heavy atom. The second-order valence-corrected chi connectivity index (χ2v) is 5.08. The predicted molar refractivity (Wildman–Crippen MR) is 72.1 cm³/mol. The van der Waals surface area contributed by atoms with Gasteiger partial charge in [-0.1, -0.05) is 11.6 Å². The van der Waals surface area contributed by atoms with Crippen LogP contribution in [0.1, 0.15) is 43.7 Å². The molecule has 1 aliphatic heterocycles. The Morgan fingerprint density at radius 3 is 3.17 bits per heavy atom. The van der Waals surface area contributed by atoms with E-state index in [4.69, 9.17) is 22.2 Å². The zero-order valence-electron chi connectivity index (χ0n) is 10.4. The Hall–Kier alpha value is -0.680. The normalized spacial score (nSPS) is 21.1. The van der Waals surface area contributed by atoms with Crippen LogP contribution in [0.4, 0.5) is 0 Å². The van der Waals surface area contributed by atoms with Crippen LogP contribution in [0.15, 0.2) is 18.3 Å². The van der Waals surface area contributed by atoms with E-state index < -0.39 is 0 Å². The molecular formula is C13H20ClN3O. The zero-order valence-corrected chi connectivity index (χ0v) is 11.2. The van der Waals surface area contributed by atoms with Crippen LogP contribution in [0.3, 0.4) is 0 Å². The van der Waals surface area contributed by atoms with Crippen LogP contribution in [0, 0.1) is 0 Å². The van der Waals surface area contributed by atoms with Crippen molar-refractivity contribution >= 4 is 11.6 Å². The van der Waals surface area contributed by atoms with Gasteiger partial charge >= 0.3 is 0 Å². The highest BCUT2D eigenvalue weighted by atomic mass is 35.5. The maximum absolute atomic E-state index is 5.88. The molecule has 18 heavy (non-hydrogen) atoms. The highest BCUT2D eigenvalue weighted by Gasteiger charge is 2.16. The maximum Gasteiger partial charge on any atom is 0.129 e. The smallest absolute Gasteiger partial charge is 0.129 e. The third kappa shape index (κ3) is 3.92. The largest absolute Gasteiger partial charge is 0.378 e. The minimum absolute atomic E-state index is 0.131. The van der Waals surface area contributed by atoms with E-state index in [9.17, 15) is 0 Å². The standard InChI is InChI=1S/C13H20ClN3O/c14-13-9-10(6-7-16-13)12(17-15)5-1-3-11-4-2-8-18-11/h6-7,9,11-12,17H,1-5,8,15H2. The lowest BCUT2D eigenvalue weighted by molar-refractivity contribution is 0.101. The van der Waals surface area contributed by atoms with Crippen LogP contribution in [0.25, 0.3) is 0 Å². The summed E-state index contributed by atoms with van der Waals surface area (Å²) in [6.45, 7) is 0.920. The molecule has 4 nitrogen and oxygen atoms in total. The molecule has 0 bridgehead atoms. The number of nitrogens with one attached hydrogen (secondary N) is 1. The van der Waals surface area contributed by atoms with Crippen molar-refractivity contribution in [3.63, 3.8) is 0 Å². The molecule has 0 aromatic carbocycles. The molecule has 0 spiro atoms. The van der Waals surface area contributed by atoms with Crippen molar-refractivity contribution in [1.29, 1.82) is 0 Å². The van der Waals surface area contributed by atoms with Gasteiger partial charge in [0.25, 0.3) is 0 Å². The Bertz CT molecular complexity index is 369. The average molecular weight is 270 g/mol. The Kier molecular flexibility index (Phi) is 5.38. The van der Waals surface area contributed by atoms with E-state index in [0.717, 1.165) is 31.4 Å². The Labute approximate surface area is 113 Å². The topological polar surface area (TPSA) is 60.2 Å². The Morgan fingerprint density at radius 2 is 2.50 bits per heavy atom. The number of hydrogen-bond donors (Lipinski definition) is 2. The number of halogens is 1. The Balaban J connectivity index is 1.81. The number of nitrogens with zero attached hydrogens (tertiary/aromatic N) is 1. The highest BCUT2D eigenvalue weighted by Crippen LogP contribution is 2.23. The molecule has 5 heteroatoms. The van der Waals surface area contributed by atoms with E-state index in [1.165, 1.54) is 12.8 Å². The van der Waals surface area contributed by atoms with E-state index in [1.54, 1.807) is 6.20 Å². The molecule has 0 aliphatic carbocycles. The van der Waals surface area contributed by atoms with E-state index in [1.807, 2.05) is 12.1 Å². The molecule has 1 aliphatic rings. The molecule has 1 saturated heterocycles. The summed E-state index contributed by atoms with van der Waals surface area (Å²) >= 11 is 5.88. The lowest BCUT2D eigenvalue weighted by Gasteiger charge is -2.17. The fraction of sp³-hybridized carbons (Fsp3) is 0.615. The summed E-state index contributed by atoms with van der Waals surface area (Å²) in [6.07, 6.45) is 7.74. The molecule has 2 atom stereocenters. The second-order valence-electron chi connectivity index (χ2n) is 4.70. The predicted octanol–water partition coefficient (Wildman–Crippen LogP) is 2.59. The van der Waals surface area contributed by atoms with Crippen LogP contribution in [-0.2, 0) is 4.74 Å². The first-order valence-electron chi connectivity index (χ1n) is 6.49. The zero-order chi connectivity index (χ0) is 12.8. The van der Waals surface area contributed by atoms with E-state index >= 15 is 0 Å². The average Bonchev–Trinajstić information content (AvgIpc) is 2.88. The SMILES string of the molecule is NNC(CCCC1CCCO1)c1ccnc(Cl)c1. The number of ether oxygens (including phenoxy) is 1. The molecule has 1 aromatic heterocycles. The van der Waals surface area contributed by atoms with Gasteiger partial charge in [-0.2, -0.15) is 0 Å². The van der Waals surface area contributed by atoms with Crippen molar-refractivity contribution in [2.75, 3.05) is 6.61 Å². The van der Waals surface area contributed by atoms with Gasteiger partial charge in [-0.3, -0.25) is 11.3 Å². The summed E-state index contributed by atoms with van der Waals surface area (Å²) in [6, 6.07) is 3.94. The van der Waals surface area contributed by atoms with Gasteiger partial charge < -0.3 is 4.74 Å². The summed E-state index contributed by atoms with van der Waals surface area (Å²) in [7, 11) is 0. The van der Waals surface area contributed by atoms with Crippen LogP contribution in [-0.4, -0.2) is 17.7 Å². The first-order valence-corrected chi connectivity index (χ1v) is 6.86. The van der Waals surface area contributed by atoms with E-state index in [2.05, 4.69) is 10.4 Å². The molecule has 0 amide bonds. The minimum Gasteiger partial charge on any atom is -0.378 e. The fourth-order valence-corrected chi connectivity index (χ4v) is 2.58. The number of nitrogens with two attached hydrogens (primary N) is 1. The highest BCUT2D eigenvalue weighted by molar-refractivity contribution is 6.29. The van der Waals surface area contributed by atoms with Crippen molar-refractivity contribution in [3.8, 4) is 0 Å². The van der Waals surface area contributed by atoms with Gasteiger partial charge in [-0.15, -0.1) is 0 Å². The molecule has 2 unspecified atom stereocenters. The third-order valence-corrected chi connectivity index (χ3v) is 3.60. The molecule has 1 fully saturated rings. The first kappa shape index (κ1) is 13.7. The monoisotopic (exact) mass is 269 g/mol. The molecule has 1 aromatic rings.